The van der Waals surface area contributed by atoms with E-state index in [2.05, 4.69) is 34.6 Å². The molecule has 1 aromatic heterocycles. The Labute approximate surface area is 112 Å². The highest BCUT2D eigenvalue weighted by Crippen LogP contribution is 2.35. The van der Waals surface area contributed by atoms with Crippen molar-refractivity contribution in [3.63, 3.8) is 0 Å². The predicted molar refractivity (Wildman–Crippen MR) is 68.3 cm³/mol. The number of amides is 1. The van der Waals surface area contributed by atoms with Crippen molar-refractivity contribution in [2.75, 3.05) is 6.54 Å². The fourth-order valence-electron chi connectivity index (χ4n) is 2.60. The predicted octanol–water partition coefficient (Wildman–Crippen LogP) is 0.951. The van der Waals surface area contributed by atoms with Crippen molar-refractivity contribution in [3.8, 4) is 0 Å². The van der Waals surface area contributed by atoms with E-state index >= 15 is 0 Å². The van der Waals surface area contributed by atoms with Crippen molar-refractivity contribution >= 4 is 5.91 Å². The maximum Gasteiger partial charge on any atom is 0.237 e. The lowest BCUT2D eigenvalue weighted by molar-refractivity contribution is -0.121. The maximum atomic E-state index is 11.7. The number of carbonyl (C=O) groups is 1. The minimum atomic E-state index is -0.196. The normalized spacial score (nSPS) is 26.2. The van der Waals surface area contributed by atoms with Gasteiger partial charge in [-0.3, -0.25) is 10.1 Å². The second kappa shape index (κ2) is 4.59. The minimum Gasteiger partial charge on any atom is -0.354 e. The quantitative estimate of drug-likeness (QED) is 0.846. The Morgan fingerprint density at radius 2 is 2.26 bits per heavy atom. The van der Waals surface area contributed by atoms with Crippen LogP contribution in [0.15, 0.2) is 4.52 Å². The van der Waals surface area contributed by atoms with Crippen LogP contribution in [0.3, 0.4) is 0 Å². The van der Waals surface area contributed by atoms with Gasteiger partial charge in [-0.25, -0.2) is 0 Å². The van der Waals surface area contributed by atoms with E-state index in [1.54, 1.807) is 0 Å². The summed E-state index contributed by atoms with van der Waals surface area (Å²) < 4.78 is 5.26. The van der Waals surface area contributed by atoms with Crippen molar-refractivity contribution in [2.24, 2.45) is 5.41 Å². The van der Waals surface area contributed by atoms with Crippen molar-refractivity contribution in [1.29, 1.82) is 0 Å². The van der Waals surface area contributed by atoms with Gasteiger partial charge >= 0.3 is 0 Å². The molecule has 2 heterocycles. The zero-order valence-electron chi connectivity index (χ0n) is 11.4. The van der Waals surface area contributed by atoms with Crippen LogP contribution in [-0.2, 0) is 11.3 Å². The SMILES string of the molecule is CC1(C)CNC(=O)C1NCc1noc(C2CCC2)n1. The van der Waals surface area contributed by atoms with Gasteiger partial charge in [0.15, 0.2) is 5.82 Å². The van der Waals surface area contributed by atoms with Crippen molar-refractivity contribution in [1.82, 2.24) is 20.8 Å². The van der Waals surface area contributed by atoms with Crippen LogP contribution in [0.25, 0.3) is 0 Å². The molecule has 0 aromatic carbocycles. The van der Waals surface area contributed by atoms with Gasteiger partial charge in [0, 0.05) is 17.9 Å². The van der Waals surface area contributed by atoms with Gasteiger partial charge in [0.1, 0.15) is 0 Å². The van der Waals surface area contributed by atoms with E-state index in [4.69, 9.17) is 4.52 Å². The summed E-state index contributed by atoms with van der Waals surface area (Å²) in [6.45, 7) is 5.30. The second-order valence-electron chi connectivity index (χ2n) is 6.20. The summed E-state index contributed by atoms with van der Waals surface area (Å²) in [5, 5.41) is 10.1. The zero-order valence-corrected chi connectivity index (χ0v) is 11.4. The summed E-state index contributed by atoms with van der Waals surface area (Å²) in [4.78, 5) is 16.1. The van der Waals surface area contributed by atoms with Crippen LogP contribution in [-0.4, -0.2) is 28.6 Å². The molecular weight excluding hydrogens is 244 g/mol. The molecule has 2 N–H and O–H groups in total. The van der Waals surface area contributed by atoms with Crippen LogP contribution in [0.1, 0.15) is 50.7 Å². The Hall–Kier alpha value is -1.43. The largest absolute Gasteiger partial charge is 0.354 e. The molecule has 0 spiro atoms. The first-order valence-corrected chi connectivity index (χ1v) is 6.90. The molecule has 1 unspecified atom stereocenters. The second-order valence-corrected chi connectivity index (χ2v) is 6.20. The van der Waals surface area contributed by atoms with E-state index in [1.165, 1.54) is 6.42 Å². The number of carbonyl (C=O) groups excluding carboxylic acids is 1. The summed E-state index contributed by atoms with van der Waals surface area (Å²) in [6.07, 6.45) is 3.54. The van der Waals surface area contributed by atoms with Gasteiger partial charge in [-0.2, -0.15) is 4.98 Å². The Kier molecular flexibility index (Phi) is 3.05. The molecule has 1 saturated heterocycles. The van der Waals surface area contributed by atoms with Crippen LogP contribution in [0.5, 0.6) is 0 Å². The highest BCUT2D eigenvalue weighted by Gasteiger charge is 2.41. The number of hydrogen-bond donors (Lipinski definition) is 2. The number of hydrogen-bond acceptors (Lipinski definition) is 5. The van der Waals surface area contributed by atoms with Crippen molar-refractivity contribution in [2.45, 2.75) is 51.6 Å². The smallest absolute Gasteiger partial charge is 0.237 e. The van der Waals surface area contributed by atoms with Gasteiger partial charge in [0.25, 0.3) is 0 Å². The van der Waals surface area contributed by atoms with Crippen LogP contribution in [0.4, 0.5) is 0 Å². The highest BCUT2D eigenvalue weighted by molar-refractivity contribution is 5.85. The molecule has 1 aliphatic heterocycles. The molecular formula is C13H20N4O2. The highest BCUT2D eigenvalue weighted by atomic mass is 16.5. The molecule has 1 aliphatic carbocycles. The van der Waals surface area contributed by atoms with Gasteiger partial charge in [-0.1, -0.05) is 25.4 Å². The molecule has 1 amide bonds. The molecule has 6 nitrogen and oxygen atoms in total. The molecule has 6 heteroatoms. The first-order chi connectivity index (χ1) is 9.06. The first kappa shape index (κ1) is 12.6. The van der Waals surface area contributed by atoms with E-state index in [9.17, 15) is 4.79 Å². The van der Waals surface area contributed by atoms with Gasteiger partial charge in [0.05, 0.1) is 12.6 Å². The summed E-state index contributed by atoms with van der Waals surface area (Å²) in [6, 6.07) is -0.196. The summed E-state index contributed by atoms with van der Waals surface area (Å²) >= 11 is 0. The molecule has 0 radical (unpaired) electrons. The topological polar surface area (TPSA) is 80.0 Å². The zero-order chi connectivity index (χ0) is 13.5. The van der Waals surface area contributed by atoms with Gasteiger partial charge in [0.2, 0.25) is 11.8 Å². The molecule has 1 atom stereocenters. The summed E-state index contributed by atoms with van der Waals surface area (Å²) in [5.41, 5.74) is -0.0857. The third-order valence-electron chi connectivity index (χ3n) is 4.16. The molecule has 2 fully saturated rings. The molecule has 3 rings (SSSR count). The van der Waals surface area contributed by atoms with Gasteiger partial charge < -0.3 is 9.84 Å². The Morgan fingerprint density at radius 3 is 2.84 bits per heavy atom. The lowest BCUT2D eigenvalue weighted by Crippen LogP contribution is -2.43. The average molecular weight is 264 g/mol. The number of nitrogens with zero attached hydrogens (tertiary/aromatic N) is 2. The van der Waals surface area contributed by atoms with Crippen LogP contribution >= 0.6 is 0 Å². The average Bonchev–Trinajstić information content (AvgIpc) is 2.81. The van der Waals surface area contributed by atoms with Crippen molar-refractivity contribution < 1.29 is 9.32 Å². The third kappa shape index (κ3) is 2.36. The van der Waals surface area contributed by atoms with Crippen LogP contribution in [0.2, 0.25) is 0 Å². The lowest BCUT2D eigenvalue weighted by Gasteiger charge is -2.23. The van der Waals surface area contributed by atoms with E-state index in [1.807, 2.05) is 0 Å². The molecule has 2 aliphatic rings. The first-order valence-electron chi connectivity index (χ1n) is 6.90. The fraction of sp³-hybridized carbons (Fsp3) is 0.769. The minimum absolute atomic E-state index is 0.0488. The Balaban J connectivity index is 1.59. The number of rotatable bonds is 4. The van der Waals surface area contributed by atoms with Gasteiger partial charge in [-0.15, -0.1) is 0 Å². The molecule has 1 aromatic rings. The Morgan fingerprint density at radius 1 is 1.47 bits per heavy atom. The summed E-state index contributed by atoms with van der Waals surface area (Å²) in [7, 11) is 0. The van der Waals surface area contributed by atoms with E-state index < -0.39 is 0 Å². The van der Waals surface area contributed by atoms with Crippen LogP contribution < -0.4 is 10.6 Å². The third-order valence-corrected chi connectivity index (χ3v) is 4.16. The number of aromatic nitrogens is 2. The van der Waals surface area contributed by atoms with Crippen molar-refractivity contribution in [3.05, 3.63) is 11.7 Å². The fourth-order valence-corrected chi connectivity index (χ4v) is 2.60. The van der Waals surface area contributed by atoms with Gasteiger partial charge in [-0.05, 0) is 12.8 Å². The molecule has 1 saturated carbocycles. The van der Waals surface area contributed by atoms with Crippen LogP contribution in [0, 0.1) is 5.41 Å². The molecule has 104 valence electrons. The standard InChI is InChI=1S/C13H20N4O2/c1-13(2)7-15-11(18)10(13)14-6-9-16-12(19-17-9)8-4-3-5-8/h8,10,14H,3-7H2,1-2H3,(H,15,18). The van der Waals surface area contributed by atoms with E-state index in [0.29, 0.717) is 24.8 Å². The lowest BCUT2D eigenvalue weighted by atomic mass is 9.85. The van der Waals surface area contributed by atoms with E-state index in [0.717, 1.165) is 18.7 Å². The van der Waals surface area contributed by atoms with E-state index in [-0.39, 0.29) is 17.4 Å². The molecule has 19 heavy (non-hydrogen) atoms. The number of nitrogens with one attached hydrogen (secondary N) is 2. The Bertz CT molecular complexity index is 479. The maximum absolute atomic E-state index is 11.7. The monoisotopic (exact) mass is 264 g/mol. The molecule has 0 bridgehead atoms. The summed E-state index contributed by atoms with van der Waals surface area (Å²) in [5.74, 6) is 1.88.